The fourth-order valence-electron chi connectivity index (χ4n) is 1.71. The monoisotopic (exact) mass is 266 g/mol. The Balaban J connectivity index is 2.73. The molecule has 5 heteroatoms. The molecule has 0 aliphatic carbocycles. The number of benzene rings is 1. The Kier molecular flexibility index (Phi) is 6.15. The van der Waals surface area contributed by atoms with Crippen molar-refractivity contribution < 1.29 is 14.3 Å². The van der Waals surface area contributed by atoms with Crippen LogP contribution in [0, 0.1) is 0 Å². The number of hydrogen-bond acceptors (Lipinski definition) is 4. The Hall–Kier alpha value is -1.75. The largest absolute Gasteiger partial charge is 0.493 e. The molecule has 0 aliphatic heterocycles. The maximum Gasteiger partial charge on any atom is 0.238 e. The molecule has 3 N–H and O–H groups in total. The van der Waals surface area contributed by atoms with Crippen LogP contribution < -0.4 is 20.5 Å². The van der Waals surface area contributed by atoms with Crippen LogP contribution in [0.2, 0.25) is 0 Å². The second kappa shape index (κ2) is 7.63. The van der Waals surface area contributed by atoms with Gasteiger partial charge in [0.15, 0.2) is 11.5 Å². The number of amides is 1. The third kappa shape index (κ3) is 4.44. The van der Waals surface area contributed by atoms with Crippen LogP contribution in [-0.2, 0) is 11.2 Å². The van der Waals surface area contributed by atoms with Crippen LogP contribution in [0.15, 0.2) is 18.2 Å². The van der Waals surface area contributed by atoms with Crippen molar-refractivity contribution in [2.24, 2.45) is 5.73 Å². The van der Waals surface area contributed by atoms with Gasteiger partial charge in [-0.25, -0.2) is 0 Å². The topological polar surface area (TPSA) is 73.6 Å². The lowest BCUT2D eigenvalue weighted by atomic mass is 10.1. The van der Waals surface area contributed by atoms with Gasteiger partial charge in [-0.1, -0.05) is 19.9 Å². The standard InChI is InChI=1S/C14H22N2O3/c1-4-10-6-7-12(13(8-10)18-3)19-9-11(14(15)17)16-5-2/h6-8,11,16H,4-5,9H2,1-3H3,(H2,15,17). The van der Waals surface area contributed by atoms with Crippen LogP contribution in [0.4, 0.5) is 0 Å². The van der Waals surface area contributed by atoms with E-state index >= 15 is 0 Å². The summed E-state index contributed by atoms with van der Waals surface area (Å²) in [6.07, 6.45) is 0.929. The molecular formula is C14H22N2O3. The van der Waals surface area contributed by atoms with Crippen LogP contribution in [0.3, 0.4) is 0 Å². The molecule has 0 bridgehead atoms. The average Bonchev–Trinajstić information content (AvgIpc) is 2.42. The molecular weight excluding hydrogens is 244 g/mol. The lowest BCUT2D eigenvalue weighted by molar-refractivity contribution is -0.120. The Bertz CT molecular complexity index is 421. The summed E-state index contributed by atoms with van der Waals surface area (Å²) in [7, 11) is 1.59. The SMILES string of the molecule is CCNC(COc1ccc(CC)cc1OC)C(N)=O. The summed E-state index contributed by atoms with van der Waals surface area (Å²) in [6.45, 7) is 4.82. The Morgan fingerprint density at radius 2 is 2.11 bits per heavy atom. The molecule has 0 saturated carbocycles. The van der Waals surface area contributed by atoms with Crippen LogP contribution in [0.25, 0.3) is 0 Å². The number of rotatable bonds is 8. The molecule has 1 amide bonds. The van der Waals surface area contributed by atoms with E-state index in [0.29, 0.717) is 18.0 Å². The Labute approximate surface area is 114 Å². The molecule has 1 aromatic rings. The lowest BCUT2D eigenvalue weighted by Crippen LogP contribution is -2.45. The molecule has 19 heavy (non-hydrogen) atoms. The van der Waals surface area contributed by atoms with E-state index in [4.69, 9.17) is 15.2 Å². The summed E-state index contributed by atoms with van der Waals surface area (Å²) in [5.74, 6) is 0.855. The lowest BCUT2D eigenvalue weighted by Gasteiger charge is -2.17. The van der Waals surface area contributed by atoms with Gasteiger partial charge in [-0.2, -0.15) is 0 Å². The number of nitrogens with one attached hydrogen (secondary N) is 1. The van der Waals surface area contributed by atoms with Crippen molar-refractivity contribution in [1.82, 2.24) is 5.32 Å². The van der Waals surface area contributed by atoms with Gasteiger partial charge in [0.05, 0.1) is 7.11 Å². The van der Waals surface area contributed by atoms with E-state index in [1.165, 1.54) is 5.56 Å². The number of carbonyl (C=O) groups excluding carboxylic acids is 1. The summed E-state index contributed by atoms with van der Waals surface area (Å²) in [6, 6.07) is 5.26. The highest BCUT2D eigenvalue weighted by Crippen LogP contribution is 2.28. The molecule has 0 fully saturated rings. The Morgan fingerprint density at radius 3 is 2.63 bits per heavy atom. The van der Waals surface area contributed by atoms with Crippen molar-refractivity contribution >= 4 is 5.91 Å². The van der Waals surface area contributed by atoms with Crippen LogP contribution >= 0.6 is 0 Å². The van der Waals surface area contributed by atoms with Crippen LogP contribution in [0.5, 0.6) is 11.5 Å². The van der Waals surface area contributed by atoms with Gasteiger partial charge >= 0.3 is 0 Å². The first-order valence-electron chi connectivity index (χ1n) is 6.44. The first kappa shape index (κ1) is 15.3. The number of hydrogen-bond donors (Lipinski definition) is 2. The van der Waals surface area contributed by atoms with E-state index in [0.717, 1.165) is 6.42 Å². The van der Waals surface area contributed by atoms with E-state index in [1.807, 2.05) is 25.1 Å². The van der Waals surface area contributed by atoms with Crippen molar-refractivity contribution in [1.29, 1.82) is 0 Å². The maximum atomic E-state index is 11.2. The van der Waals surface area contributed by atoms with E-state index in [1.54, 1.807) is 7.11 Å². The summed E-state index contributed by atoms with van der Waals surface area (Å²) < 4.78 is 10.9. The first-order chi connectivity index (χ1) is 9.12. The number of ether oxygens (including phenoxy) is 2. The molecule has 0 radical (unpaired) electrons. The zero-order chi connectivity index (χ0) is 14.3. The quantitative estimate of drug-likeness (QED) is 0.739. The molecule has 0 saturated heterocycles. The highest BCUT2D eigenvalue weighted by Gasteiger charge is 2.15. The van der Waals surface area contributed by atoms with E-state index in [-0.39, 0.29) is 6.61 Å². The minimum absolute atomic E-state index is 0.186. The number of likely N-dealkylation sites (N-methyl/N-ethyl adjacent to an activating group) is 1. The van der Waals surface area contributed by atoms with Crippen LogP contribution in [0.1, 0.15) is 19.4 Å². The molecule has 1 rings (SSSR count). The normalized spacial score (nSPS) is 11.9. The molecule has 0 spiro atoms. The zero-order valence-corrected chi connectivity index (χ0v) is 11.7. The van der Waals surface area contributed by atoms with E-state index < -0.39 is 11.9 Å². The summed E-state index contributed by atoms with van der Waals surface area (Å²) >= 11 is 0. The van der Waals surface area contributed by atoms with Crippen molar-refractivity contribution in [2.45, 2.75) is 26.3 Å². The first-order valence-corrected chi connectivity index (χ1v) is 6.44. The molecule has 0 aliphatic rings. The van der Waals surface area contributed by atoms with Gasteiger partial charge in [0.25, 0.3) is 0 Å². The number of aryl methyl sites for hydroxylation is 1. The summed E-state index contributed by atoms with van der Waals surface area (Å²) in [5.41, 5.74) is 6.46. The predicted octanol–water partition coefficient (Wildman–Crippen LogP) is 1.10. The molecule has 0 aromatic heterocycles. The summed E-state index contributed by atoms with van der Waals surface area (Å²) in [5, 5.41) is 2.97. The van der Waals surface area contributed by atoms with Gasteiger partial charge in [-0.15, -0.1) is 0 Å². The number of primary amides is 1. The maximum absolute atomic E-state index is 11.2. The third-order valence-corrected chi connectivity index (χ3v) is 2.84. The highest BCUT2D eigenvalue weighted by molar-refractivity contribution is 5.80. The fourth-order valence-corrected chi connectivity index (χ4v) is 1.71. The second-order valence-electron chi connectivity index (χ2n) is 4.16. The average molecular weight is 266 g/mol. The third-order valence-electron chi connectivity index (χ3n) is 2.84. The second-order valence-corrected chi connectivity index (χ2v) is 4.16. The Morgan fingerprint density at radius 1 is 1.37 bits per heavy atom. The summed E-state index contributed by atoms with van der Waals surface area (Å²) in [4.78, 5) is 11.2. The molecule has 1 aromatic carbocycles. The number of nitrogens with two attached hydrogens (primary N) is 1. The van der Waals surface area contributed by atoms with Crippen molar-refractivity contribution in [3.63, 3.8) is 0 Å². The van der Waals surface area contributed by atoms with E-state index in [9.17, 15) is 4.79 Å². The van der Waals surface area contributed by atoms with Gasteiger partial charge in [0.1, 0.15) is 12.6 Å². The van der Waals surface area contributed by atoms with Gasteiger partial charge in [-0.05, 0) is 30.7 Å². The predicted molar refractivity (Wildman–Crippen MR) is 74.5 cm³/mol. The fraction of sp³-hybridized carbons (Fsp3) is 0.500. The minimum atomic E-state index is -0.499. The number of methoxy groups -OCH3 is 1. The van der Waals surface area contributed by atoms with Crippen molar-refractivity contribution in [3.05, 3.63) is 23.8 Å². The molecule has 5 nitrogen and oxygen atoms in total. The van der Waals surface area contributed by atoms with Gasteiger partial charge in [0.2, 0.25) is 5.91 Å². The molecule has 106 valence electrons. The molecule has 1 atom stereocenters. The molecule has 0 heterocycles. The smallest absolute Gasteiger partial charge is 0.238 e. The van der Waals surface area contributed by atoms with Gasteiger partial charge in [-0.3, -0.25) is 4.79 Å². The molecule has 1 unspecified atom stereocenters. The van der Waals surface area contributed by atoms with Crippen molar-refractivity contribution in [3.8, 4) is 11.5 Å². The van der Waals surface area contributed by atoms with Crippen molar-refractivity contribution in [2.75, 3.05) is 20.3 Å². The van der Waals surface area contributed by atoms with Gasteiger partial charge < -0.3 is 20.5 Å². The highest BCUT2D eigenvalue weighted by atomic mass is 16.5. The van der Waals surface area contributed by atoms with Gasteiger partial charge in [0, 0.05) is 0 Å². The zero-order valence-electron chi connectivity index (χ0n) is 11.7. The van der Waals surface area contributed by atoms with E-state index in [2.05, 4.69) is 12.2 Å². The minimum Gasteiger partial charge on any atom is -0.493 e. The number of carbonyl (C=O) groups is 1. The van der Waals surface area contributed by atoms with Crippen LogP contribution in [-0.4, -0.2) is 32.2 Å².